The zero-order chi connectivity index (χ0) is 27.7. The summed E-state index contributed by atoms with van der Waals surface area (Å²) in [5.74, 6) is 0.274. The molecule has 0 aliphatic rings. The van der Waals surface area contributed by atoms with Gasteiger partial charge in [-0.25, -0.2) is 9.37 Å². The van der Waals surface area contributed by atoms with Crippen molar-refractivity contribution in [3.05, 3.63) is 132 Å². The molecule has 6 aromatic rings. The van der Waals surface area contributed by atoms with Crippen molar-refractivity contribution in [3.63, 3.8) is 0 Å². The van der Waals surface area contributed by atoms with Crippen molar-refractivity contribution in [3.8, 4) is 33.7 Å². The minimum atomic E-state index is -0.247. The maximum Gasteiger partial charge on any atom is 0.229 e. The van der Waals surface area contributed by atoms with Crippen LogP contribution in [0.1, 0.15) is 31.9 Å². The molecule has 0 bridgehead atoms. The molecule has 0 aliphatic heterocycles. The third kappa shape index (κ3) is 5.21. The highest BCUT2D eigenvalue weighted by atomic mass is 19.1. The molecule has 0 N–H and O–H groups in total. The van der Waals surface area contributed by atoms with Gasteiger partial charge in [0.25, 0.3) is 0 Å². The summed E-state index contributed by atoms with van der Waals surface area (Å²) in [6.07, 6.45) is 1.89. The summed E-state index contributed by atoms with van der Waals surface area (Å²) in [6.45, 7) is 6.62. The molecule has 40 heavy (non-hydrogen) atoms. The zero-order valence-electron chi connectivity index (χ0n) is 22.7. The smallest absolute Gasteiger partial charge is 0.229 e. The van der Waals surface area contributed by atoms with Gasteiger partial charge >= 0.3 is 0 Å². The Morgan fingerprint density at radius 3 is 2.25 bits per heavy atom. The van der Waals surface area contributed by atoms with E-state index in [2.05, 4.69) is 57.2 Å². The van der Waals surface area contributed by atoms with Crippen molar-refractivity contribution in [2.75, 3.05) is 0 Å². The summed E-state index contributed by atoms with van der Waals surface area (Å²) < 4.78 is 19.7. The molecule has 0 amide bonds. The number of fused-ring (bicyclic) bond motifs is 1. The minimum Gasteiger partial charge on any atom is -0.436 e. The molecular weight excluding hydrogens is 495 g/mol. The number of benzene rings is 5. The Morgan fingerprint density at radius 2 is 1.43 bits per heavy atom. The molecule has 1 aromatic heterocycles. The number of nitrogens with zero attached hydrogens (tertiary/aromatic N) is 2. The van der Waals surface area contributed by atoms with Gasteiger partial charge in [0.05, 0.1) is 11.3 Å². The normalized spacial score (nSPS) is 11.9. The fourth-order valence-electron chi connectivity index (χ4n) is 4.80. The van der Waals surface area contributed by atoms with Gasteiger partial charge in [-0.2, -0.15) is 0 Å². The van der Waals surface area contributed by atoms with Crippen LogP contribution in [0.15, 0.2) is 125 Å². The molecule has 6 rings (SSSR count). The molecule has 0 atom stereocenters. The first-order valence-corrected chi connectivity index (χ1v) is 13.4. The standard InChI is InChI=1S/C36H29FN2O/c1-36(2,3)28-12-6-9-24(21-28)23-38-32-15-5-4-13-31(32)35-39-34-30(14-8-16-33(34)40-35)27-11-7-10-26(22-27)25-17-19-29(37)20-18-25/h4-23H,1-3H3. The fraction of sp³-hybridized carbons (Fsp3) is 0.111. The van der Waals surface area contributed by atoms with Crippen LogP contribution in [0.5, 0.6) is 0 Å². The first-order valence-electron chi connectivity index (χ1n) is 13.4. The van der Waals surface area contributed by atoms with E-state index in [-0.39, 0.29) is 11.2 Å². The van der Waals surface area contributed by atoms with Crippen LogP contribution in [0.3, 0.4) is 0 Å². The molecular formula is C36H29FN2O. The number of aliphatic imine (C=N–C) groups is 1. The van der Waals surface area contributed by atoms with Gasteiger partial charge in [-0.05, 0) is 75.7 Å². The molecule has 0 saturated carbocycles. The lowest BCUT2D eigenvalue weighted by Gasteiger charge is -2.19. The quantitative estimate of drug-likeness (QED) is 0.210. The topological polar surface area (TPSA) is 38.4 Å². The predicted molar refractivity (Wildman–Crippen MR) is 163 cm³/mol. The molecule has 196 valence electrons. The third-order valence-corrected chi connectivity index (χ3v) is 7.01. The van der Waals surface area contributed by atoms with Gasteiger partial charge in [0, 0.05) is 11.8 Å². The molecule has 0 aliphatic carbocycles. The number of aromatic nitrogens is 1. The van der Waals surface area contributed by atoms with Crippen molar-refractivity contribution in [2.24, 2.45) is 4.99 Å². The van der Waals surface area contributed by atoms with E-state index in [4.69, 9.17) is 14.4 Å². The SMILES string of the molecule is CC(C)(C)c1cccc(C=Nc2ccccc2-c2nc3c(-c4cccc(-c5ccc(F)cc5)c4)cccc3o2)c1. The van der Waals surface area contributed by atoms with Gasteiger partial charge in [0.1, 0.15) is 11.3 Å². The average molecular weight is 525 g/mol. The Balaban J connectivity index is 1.37. The van der Waals surface area contributed by atoms with Crippen LogP contribution in [0.25, 0.3) is 44.8 Å². The number of hydrogen-bond acceptors (Lipinski definition) is 3. The lowest BCUT2D eigenvalue weighted by Crippen LogP contribution is -2.11. The highest BCUT2D eigenvalue weighted by Crippen LogP contribution is 2.36. The second-order valence-electron chi connectivity index (χ2n) is 10.9. The van der Waals surface area contributed by atoms with E-state index in [1.54, 1.807) is 12.1 Å². The van der Waals surface area contributed by atoms with Crippen LogP contribution in [0, 0.1) is 5.82 Å². The molecule has 1 heterocycles. The summed E-state index contributed by atoms with van der Waals surface area (Å²) in [5, 5.41) is 0. The van der Waals surface area contributed by atoms with E-state index in [0.717, 1.165) is 44.6 Å². The average Bonchev–Trinajstić information content (AvgIpc) is 3.41. The van der Waals surface area contributed by atoms with Crippen LogP contribution in [-0.2, 0) is 5.41 Å². The first kappa shape index (κ1) is 25.4. The monoisotopic (exact) mass is 524 g/mol. The van der Waals surface area contributed by atoms with Gasteiger partial charge in [0.2, 0.25) is 5.89 Å². The Bertz CT molecular complexity index is 1840. The van der Waals surface area contributed by atoms with Crippen molar-refractivity contribution in [1.29, 1.82) is 0 Å². The molecule has 0 spiro atoms. The number of halogens is 1. The molecule has 3 nitrogen and oxygen atoms in total. The Kier molecular flexibility index (Phi) is 6.61. The predicted octanol–water partition coefficient (Wildman–Crippen LogP) is 10.0. The van der Waals surface area contributed by atoms with Crippen LogP contribution in [-0.4, -0.2) is 11.2 Å². The molecule has 0 fully saturated rings. The number of rotatable bonds is 5. The Labute approximate surface area is 233 Å². The minimum absolute atomic E-state index is 0.0657. The van der Waals surface area contributed by atoms with Crippen LogP contribution in [0.4, 0.5) is 10.1 Å². The summed E-state index contributed by atoms with van der Waals surface area (Å²) >= 11 is 0. The van der Waals surface area contributed by atoms with E-state index in [0.29, 0.717) is 11.5 Å². The summed E-state index contributed by atoms with van der Waals surface area (Å²) in [7, 11) is 0. The zero-order valence-corrected chi connectivity index (χ0v) is 22.7. The maximum atomic E-state index is 13.5. The van der Waals surface area contributed by atoms with E-state index >= 15 is 0 Å². The van der Waals surface area contributed by atoms with Crippen molar-refractivity contribution in [2.45, 2.75) is 26.2 Å². The van der Waals surface area contributed by atoms with Gasteiger partial charge in [-0.3, -0.25) is 4.99 Å². The maximum absolute atomic E-state index is 13.5. The van der Waals surface area contributed by atoms with Crippen molar-refractivity contribution >= 4 is 23.0 Å². The highest BCUT2D eigenvalue weighted by molar-refractivity contribution is 5.94. The summed E-state index contributed by atoms with van der Waals surface area (Å²) in [5.41, 5.74) is 9.42. The van der Waals surface area contributed by atoms with E-state index < -0.39 is 0 Å². The van der Waals surface area contributed by atoms with Gasteiger partial charge in [-0.15, -0.1) is 0 Å². The first-order chi connectivity index (χ1) is 19.3. The highest BCUT2D eigenvalue weighted by Gasteiger charge is 2.16. The number of hydrogen-bond donors (Lipinski definition) is 0. The second kappa shape index (κ2) is 10.4. The summed E-state index contributed by atoms with van der Waals surface area (Å²) in [4.78, 5) is 9.77. The van der Waals surface area contributed by atoms with Crippen molar-refractivity contribution < 1.29 is 8.81 Å². The third-order valence-electron chi connectivity index (χ3n) is 7.01. The fourth-order valence-corrected chi connectivity index (χ4v) is 4.80. The Hall–Kier alpha value is -4.83. The van der Waals surface area contributed by atoms with E-state index in [1.165, 1.54) is 17.7 Å². The molecule has 5 aromatic carbocycles. The Morgan fingerprint density at radius 1 is 0.700 bits per heavy atom. The summed E-state index contributed by atoms with van der Waals surface area (Å²) in [6, 6.07) is 37.0. The van der Waals surface area contributed by atoms with Gasteiger partial charge < -0.3 is 4.42 Å². The number of oxazole rings is 1. The lowest BCUT2D eigenvalue weighted by atomic mass is 9.86. The second-order valence-corrected chi connectivity index (χ2v) is 10.9. The lowest BCUT2D eigenvalue weighted by molar-refractivity contribution is 0.590. The van der Waals surface area contributed by atoms with Crippen LogP contribution in [0.2, 0.25) is 0 Å². The molecule has 0 saturated heterocycles. The van der Waals surface area contributed by atoms with Crippen LogP contribution >= 0.6 is 0 Å². The molecule has 4 heteroatoms. The van der Waals surface area contributed by atoms with E-state index in [1.807, 2.05) is 60.8 Å². The van der Waals surface area contributed by atoms with Crippen LogP contribution < -0.4 is 0 Å². The van der Waals surface area contributed by atoms with E-state index in [9.17, 15) is 4.39 Å². The largest absolute Gasteiger partial charge is 0.436 e. The molecule has 0 unspecified atom stereocenters. The van der Waals surface area contributed by atoms with Crippen molar-refractivity contribution in [1.82, 2.24) is 4.98 Å². The van der Waals surface area contributed by atoms with Gasteiger partial charge in [0.15, 0.2) is 5.58 Å². The molecule has 0 radical (unpaired) electrons. The van der Waals surface area contributed by atoms with Gasteiger partial charge in [-0.1, -0.05) is 93.6 Å². The number of para-hydroxylation sites is 2.